The van der Waals surface area contributed by atoms with Crippen molar-refractivity contribution in [3.63, 3.8) is 0 Å². The Hall–Kier alpha value is -0.860. The SMILES string of the molecule is C[C@@]1(O)CCCC[C@@H]1[C@@H](c1ccccc1)[N+](C)(C)C. The summed E-state index contributed by atoms with van der Waals surface area (Å²) in [5, 5.41) is 10.8. The third-order valence-corrected chi connectivity index (χ3v) is 4.60. The van der Waals surface area contributed by atoms with Gasteiger partial charge in [-0.25, -0.2) is 0 Å². The molecule has 2 rings (SSSR count). The summed E-state index contributed by atoms with van der Waals surface area (Å²) in [6, 6.07) is 11.1. The summed E-state index contributed by atoms with van der Waals surface area (Å²) in [7, 11) is 6.72. The Morgan fingerprint density at radius 2 is 1.79 bits per heavy atom. The lowest BCUT2D eigenvalue weighted by Gasteiger charge is -2.47. The largest absolute Gasteiger partial charge is 0.390 e. The molecule has 1 aliphatic rings. The summed E-state index contributed by atoms with van der Waals surface area (Å²) in [4.78, 5) is 0. The van der Waals surface area contributed by atoms with Gasteiger partial charge in [-0.1, -0.05) is 43.2 Å². The zero-order chi connectivity index (χ0) is 14.1. The van der Waals surface area contributed by atoms with Gasteiger partial charge in [0.2, 0.25) is 0 Å². The summed E-state index contributed by atoms with van der Waals surface area (Å²) in [6.07, 6.45) is 4.45. The van der Waals surface area contributed by atoms with Gasteiger partial charge in [0, 0.05) is 11.5 Å². The number of benzene rings is 1. The molecule has 1 aliphatic carbocycles. The molecule has 0 saturated heterocycles. The van der Waals surface area contributed by atoms with Crippen molar-refractivity contribution in [2.24, 2.45) is 5.92 Å². The van der Waals surface area contributed by atoms with Gasteiger partial charge in [0.25, 0.3) is 0 Å². The standard InChI is InChI=1S/C17H28NO/c1-17(19)13-9-8-12-15(17)16(18(2,3)4)14-10-6-5-7-11-14/h5-7,10-11,15-16,19H,8-9,12-13H2,1-4H3/q+1/t15-,16-,17-/m1/s1. The van der Waals surface area contributed by atoms with Crippen molar-refractivity contribution in [2.75, 3.05) is 21.1 Å². The Labute approximate surface area is 117 Å². The highest BCUT2D eigenvalue weighted by Gasteiger charge is 2.45. The van der Waals surface area contributed by atoms with Crippen molar-refractivity contribution in [2.45, 2.75) is 44.2 Å². The minimum Gasteiger partial charge on any atom is -0.390 e. The first-order chi connectivity index (χ1) is 8.82. The predicted octanol–water partition coefficient (Wildman–Crippen LogP) is 3.38. The Morgan fingerprint density at radius 3 is 2.32 bits per heavy atom. The normalized spacial score (nSPS) is 30.1. The van der Waals surface area contributed by atoms with E-state index in [1.165, 1.54) is 12.0 Å². The zero-order valence-corrected chi connectivity index (χ0v) is 12.8. The van der Waals surface area contributed by atoms with Crippen LogP contribution in [0.3, 0.4) is 0 Å². The van der Waals surface area contributed by atoms with Gasteiger partial charge in [-0.3, -0.25) is 0 Å². The van der Waals surface area contributed by atoms with E-state index in [2.05, 4.69) is 51.5 Å². The van der Waals surface area contributed by atoms with Gasteiger partial charge in [0.05, 0.1) is 26.7 Å². The van der Waals surface area contributed by atoms with Gasteiger partial charge in [0.1, 0.15) is 6.04 Å². The van der Waals surface area contributed by atoms with Gasteiger partial charge < -0.3 is 9.59 Å². The lowest BCUT2D eigenvalue weighted by molar-refractivity contribution is -0.908. The number of hydrogen-bond donors (Lipinski definition) is 1. The van der Waals surface area contributed by atoms with E-state index in [4.69, 9.17) is 0 Å². The maximum atomic E-state index is 10.8. The van der Waals surface area contributed by atoms with Crippen LogP contribution in [0.5, 0.6) is 0 Å². The molecule has 2 heteroatoms. The molecule has 0 aliphatic heterocycles. The maximum Gasteiger partial charge on any atom is 0.120 e. The molecule has 0 spiro atoms. The molecule has 0 heterocycles. The third kappa shape index (κ3) is 3.18. The molecule has 0 aromatic heterocycles. The summed E-state index contributed by atoms with van der Waals surface area (Å²) in [6.45, 7) is 2.03. The number of quaternary nitrogens is 1. The second kappa shape index (κ2) is 5.26. The topological polar surface area (TPSA) is 20.2 Å². The second-order valence-electron chi connectivity index (χ2n) is 7.18. The molecule has 0 radical (unpaired) electrons. The van der Waals surface area contributed by atoms with Crippen molar-refractivity contribution < 1.29 is 9.59 Å². The first-order valence-electron chi connectivity index (χ1n) is 7.41. The van der Waals surface area contributed by atoms with Crippen molar-refractivity contribution in [1.82, 2.24) is 0 Å². The fourth-order valence-electron chi connectivity index (χ4n) is 3.71. The van der Waals surface area contributed by atoms with E-state index in [9.17, 15) is 5.11 Å². The molecule has 19 heavy (non-hydrogen) atoms. The zero-order valence-electron chi connectivity index (χ0n) is 12.8. The molecular weight excluding hydrogens is 234 g/mol. The van der Waals surface area contributed by atoms with Crippen LogP contribution in [0.25, 0.3) is 0 Å². The van der Waals surface area contributed by atoms with E-state index in [0.29, 0.717) is 12.0 Å². The van der Waals surface area contributed by atoms with Crippen LogP contribution in [-0.4, -0.2) is 36.3 Å². The van der Waals surface area contributed by atoms with Crippen LogP contribution in [0.2, 0.25) is 0 Å². The van der Waals surface area contributed by atoms with E-state index in [1.54, 1.807) is 0 Å². The van der Waals surface area contributed by atoms with Gasteiger partial charge in [-0.15, -0.1) is 0 Å². The number of hydrogen-bond acceptors (Lipinski definition) is 1. The highest BCUT2D eigenvalue weighted by Crippen LogP contribution is 2.45. The van der Waals surface area contributed by atoms with Gasteiger partial charge in [0.15, 0.2) is 0 Å². The molecule has 1 fully saturated rings. The van der Waals surface area contributed by atoms with Crippen LogP contribution in [0.4, 0.5) is 0 Å². The number of nitrogens with zero attached hydrogens (tertiary/aromatic N) is 1. The Kier molecular flexibility index (Phi) is 4.03. The average Bonchev–Trinajstić information content (AvgIpc) is 2.31. The highest BCUT2D eigenvalue weighted by molar-refractivity contribution is 5.19. The molecule has 1 N–H and O–H groups in total. The number of rotatable bonds is 3. The predicted molar refractivity (Wildman–Crippen MR) is 79.8 cm³/mol. The quantitative estimate of drug-likeness (QED) is 0.828. The van der Waals surface area contributed by atoms with Crippen molar-refractivity contribution in [1.29, 1.82) is 0 Å². The van der Waals surface area contributed by atoms with Gasteiger partial charge in [-0.2, -0.15) is 0 Å². The summed E-state index contributed by atoms with van der Waals surface area (Å²) >= 11 is 0. The maximum absolute atomic E-state index is 10.8. The Morgan fingerprint density at radius 1 is 1.16 bits per heavy atom. The molecule has 1 aromatic carbocycles. The first kappa shape index (κ1) is 14.5. The molecule has 0 unspecified atom stereocenters. The minimum atomic E-state index is -0.537. The van der Waals surface area contributed by atoms with Crippen molar-refractivity contribution in [3.8, 4) is 0 Å². The van der Waals surface area contributed by atoms with E-state index >= 15 is 0 Å². The lowest BCUT2D eigenvalue weighted by atomic mass is 9.70. The Balaban J connectivity index is 2.39. The molecule has 3 atom stereocenters. The molecule has 1 saturated carbocycles. The first-order valence-corrected chi connectivity index (χ1v) is 7.41. The molecule has 0 bridgehead atoms. The van der Waals surface area contributed by atoms with Crippen LogP contribution < -0.4 is 0 Å². The minimum absolute atomic E-state index is 0.337. The van der Waals surface area contributed by atoms with Gasteiger partial charge in [-0.05, 0) is 19.8 Å². The van der Waals surface area contributed by atoms with Crippen LogP contribution in [0.15, 0.2) is 30.3 Å². The molecule has 0 amide bonds. The van der Waals surface area contributed by atoms with E-state index in [-0.39, 0.29) is 0 Å². The monoisotopic (exact) mass is 262 g/mol. The number of aliphatic hydroxyl groups is 1. The Bertz CT molecular complexity index is 405. The molecule has 1 aromatic rings. The average molecular weight is 262 g/mol. The summed E-state index contributed by atoms with van der Waals surface area (Å²) in [5.41, 5.74) is 0.812. The summed E-state index contributed by atoms with van der Waals surface area (Å²) in [5.74, 6) is 0.337. The molecule has 106 valence electrons. The summed E-state index contributed by atoms with van der Waals surface area (Å²) < 4.78 is 0.866. The van der Waals surface area contributed by atoms with Crippen LogP contribution >= 0.6 is 0 Å². The van der Waals surface area contributed by atoms with Crippen molar-refractivity contribution in [3.05, 3.63) is 35.9 Å². The van der Waals surface area contributed by atoms with Crippen LogP contribution in [0.1, 0.15) is 44.2 Å². The van der Waals surface area contributed by atoms with Crippen LogP contribution in [-0.2, 0) is 0 Å². The van der Waals surface area contributed by atoms with E-state index in [0.717, 1.165) is 23.7 Å². The third-order valence-electron chi connectivity index (χ3n) is 4.60. The molecule has 2 nitrogen and oxygen atoms in total. The highest BCUT2D eigenvalue weighted by atomic mass is 16.3. The van der Waals surface area contributed by atoms with E-state index < -0.39 is 5.60 Å². The van der Waals surface area contributed by atoms with E-state index in [1.807, 2.05) is 6.92 Å². The smallest absolute Gasteiger partial charge is 0.120 e. The lowest BCUT2D eigenvalue weighted by Crippen LogP contribution is -2.51. The van der Waals surface area contributed by atoms with Crippen molar-refractivity contribution >= 4 is 0 Å². The van der Waals surface area contributed by atoms with Crippen LogP contribution in [0, 0.1) is 5.92 Å². The second-order valence-corrected chi connectivity index (χ2v) is 7.18. The fraction of sp³-hybridized carbons (Fsp3) is 0.647. The molecular formula is C17H28NO+. The van der Waals surface area contributed by atoms with Gasteiger partial charge >= 0.3 is 0 Å². The fourth-order valence-corrected chi connectivity index (χ4v) is 3.71.